The minimum atomic E-state index is 0.424. The van der Waals surface area contributed by atoms with Crippen LogP contribution in [0.3, 0.4) is 0 Å². The average molecular weight is 209 g/mol. The Morgan fingerprint density at radius 3 is 3.00 bits per heavy atom. The Balaban J connectivity index is 2.14. The summed E-state index contributed by atoms with van der Waals surface area (Å²) >= 11 is 0. The predicted octanol–water partition coefficient (Wildman–Crippen LogP) is 1.17. The van der Waals surface area contributed by atoms with Crippen LogP contribution >= 0.6 is 0 Å². The zero-order valence-corrected chi connectivity index (χ0v) is 9.44. The van der Waals surface area contributed by atoms with Gasteiger partial charge in [0.2, 0.25) is 0 Å². The third-order valence-electron chi connectivity index (χ3n) is 3.12. The molecule has 1 aromatic rings. The van der Waals surface area contributed by atoms with E-state index < -0.39 is 0 Å². The van der Waals surface area contributed by atoms with E-state index in [1.165, 1.54) is 5.69 Å². The Morgan fingerprint density at radius 1 is 1.67 bits per heavy atom. The molecule has 0 bridgehead atoms. The van der Waals surface area contributed by atoms with Gasteiger partial charge < -0.3 is 14.6 Å². The van der Waals surface area contributed by atoms with Gasteiger partial charge in [-0.3, -0.25) is 0 Å². The lowest BCUT2D eigenvalue weighted by atomic mass is 9.99. The van der Waals surface area contributed by atoms with Crippen molar-refractivity contribution in [1.82, 2.24) is 14.9 Å². The second-order valence-electron chi connectivity index (χ2n) is 4.10. The zero-order chi connectivity index (χ0) is 10.7. The van der Waals surface area contributed by atoms with Crippen molar-refractivity contribution in [3.05, 3.63) is 18.2 Å². The van der Waals surface area contributed by atoms with E-state index in [4.69, 9.17) is 4.74 Å². The maximum absolute atomic E-state index is 5.24. The second-order valence-corrected chi connectivity index (χ2v) is 4.10. The summed E-state index contributed by atoms with van der Waals surface area (Å²) in [5, 5.41) is 3.29. The first-order valence-corrected chi connectivity index (χ1v) is 5.58. The molecule has 0 spiro atoms. The van der Waals surface area contributed by atoms with Crippen LogP contribution < -0.4 is 5.32 Å². The fourth-order valence-corrected chi connectivity index (χ4v) is 2.02. The molecule has 1 N–H and O–H groups in total. The molecule has 0 amide bonds. The van der Waals surface area contributed by atoms with Crippen LogP contribution in [-0.4, -0.2) is 36.4 Å². The van der Waals surface area contributed by atoms with Crippen LogP contribution in [0.15, 0.2) is 12.5 Å². The van der Waals surface area contributed by atoms with E-state index in [1.54, 1.807) is 7.11 Å². The summed E-state index contributed by atoms with van der Waals surface area (Å²) in [6, 6.07) is 0.424. The van der Waals surface area contributed by atoms with Gasteiger partial charge in [-0.1, -0.05) is 6.92 Å². The van der Waals surface area contributed by atoms with E-state index in [0.717, 1.165) is 26.1 Å². The molecule has 0 radical (unpaired) electrons. The lowest BCUT2D eigenvalue weighted by molar-refractivity contribution is 0.150. The summed E-state index contributed by atoms with van der Waals surface area (Å²) in [6.45, 7) is 5.11. The molecular weight excluding hydrogens is 190 g/mol. The minimum absolute atomic E-state index is 0.424. The van der Waals surface area contributed by atoms with E-state index in [1.807, 2.05) is 12.5 Å². The third-order valence-corrected chi connectivity index (χ3v) is 3.12. The molecule has 0 aliphatic carbocycles. The van der Waals surface area contributed by atoms with Crippen LogP contribution in [0, 0.1) is 0 Å². The largest absolute Gasteiger partial charge is 0.383 e. The Hall–Kier alpha value is -0.870. The topological polar surface area (TPSA) is 39.1 Å². The standard InChI is InChI=1S/C11H19N3O/c1-3-10(7-15-2)14-8-13-6-11(14)9-4-12-5-9/h6,8-10,12H,3-5,7H2,1-2H3. The highest BCUT2D eigenvalue weighted by Crippen LogP contribution is 2.23. The number of nitrogens with zero attached hydrogens (tertiary/aromatic N) is 2. The number of imidazole rings is 1. The number of methoxy groups -OCH3 is 1. The van der Waals surface area contributed by atoms with Gasteiger partial charge in [-0.15, -0.1) is 0 Å². The van der Waals surface area contributed by atoms with Crippen LogP contribution in [0.4, 0.5) is 0 Å². The number of aromatic nitrogens is 2. The molecule has 84 valence electrons. The van der Waals surface area contributed by atoms with Gasteiger partial charge in [0.05, 0.1) is 19.0 Å². The summed E-state index contributed by atoms with van der Waals surface area (Å²) < 4.78 is 7.51. The molecule has 4 heteroatoms. The van der Waals surface area contributed by atoms with Crippen LogP contribution in [0.5, 0.6) is 0 Å². The molecule has 0 saturated carbocycles. The highest BCUT2D eigenvalue weighted by molar-refractivity contribution is 5.12. The number of rotatable bonds is 5. The molecule has 1 aromatic heterocycles. The summed E-state index contributed by atoms with van der Waals surface area (Å²) in [7, 11) is 1.75. The summed E-state index contributed by atoms with van der Waals surface area (Å²) in [5.41, 5.74) is 1.35. The van der Waals surface area contributed by atoms with Crippen molar-refractivity contribution >= 4 is 0 Å². The van der Waals surface area contributed by atoms with Gasteiger partial charge in [0.15, 0.2) is 0 Å². The molecule has 1 saturated heterocycles. The van der Waals surface area contributed by atoms with Crippen molar-refractivity contribution in [2.75, 3.05) is 26.8 Å². The quantitative estimate of drug-likeness (QED) is 0.791. The lowest BCUT2D eigenvalue weighted by Crippen LogP contribution is -2.41. The van der Waals surface area contributed by atoms with Crippen molar-refractivity contribution in [3.8, 4) is 0 Å². The number of hydrogen-bond acceptors (Lipinski definition) is 3. The summed E-state index contributed by atoms with van der Waals surface area (Å²) in [5.74, 6) is 0.637. The minimum Gasteiger partial charge on any atom is -0.383 e. The van der Waals surface area contributed by atoms with E-state index in [-0.39, 0.29) is 0 Å². The molecule has 0 aromatic carbocycles. The number of nitrogens with one attached hydrogen (secondary N) is 1. The van der Waals surface area contributed by atoms with Crippen molar-refractivity contribution in [1.29, 1.82) is 0 Å². The van der Waals surface area contributed by atoms with Crippen molar-refractivity contribution in [2.24, 2.45) is 0 Å². The second kappa shape index (κ2) is 4.77. The molecule has 2 rings (SSSR count). The van der Waals surface area contributed by atoms with Crippen molar-refractivity contribution < 1.29 is 4.74 Å². The van der Waals surface area contributed by atoms with Gasteiger partial charge in [0, 0.05) is 38.0 Å². The first kappa shape index (κ1) is 10.6. The summed E-state index contributed by atoms with van der Waals surface area (Å²) in [4.78, 5) is 4.26. The Kier molecular flexibility index (Phi) is 3.38. The monoisotopic (exact) mass is 209 g/mol. The predicted molar refractivity (Wildman–Crippen MR) is 59.0 cm³/mol. The SMILES string of the molecule is CCC(COC)n1cncc1C1CNC1. The van der Waals surface area contributed by atoms with Gasteiger partial charge in [-0.05, 0) is 6.42 Å². The molecule has 1 atom stereocenters. The Labute approximate surface area is 90.6 Å². The van der Waals surface area contributed by atoms with Crippen LogP contribution in [0.1, 0.15) is 31.0 Å². The number of ether oxygens (including phenoxy) is 1. The molecule has 1 unspecified atom stereocenters. The van der Waals surface area contributed by atoms with Gasteiger partial charge in [0.1, 0.15) is 0 Å². The Morgan fingerprint density at radius 2 is 2.47 bits per heavy atom. The average Bonchev–Trinajstić information content (AvgIpc) is 2.60. The highest BCUT2D eigenvalue weighted by atomic mass is 16.5. The molecule has 15 heavy (non-hydrogen) atoms. The van der Waals surface area contributed by atoms with E-state index in [0.29, 0.717) is 12.0 Å². The van der Waals surface area contributed by atoms with Crippen LogP contribution in [0.25, 0.3) is 0 Å². The zero-order valence-electron chi connectivity index (χ0n) is 9.44. The fraction of sp³-hybridized carbons (Fsp3) is 0.727. The smallest absolute Gasteiger partial charge is 0.0951 e. The molecule has 1 aliphatic heterocycles. The van der Waals surface area contributed by atoms with E-state index >= 15 is 0 Å². The van der Waals surface area contributed by atoms with Gasteiger partial charge >= 0.3 is 0 Å². The van der Waals surface area contributed by atoms with Gasteiger partial charge in [0.25, 0.3) is 0 Å². The lowest BCUT2D eigenvalue weighted by Gasteiger charge is -2.30. The van der Waals surface area contributed by atoms with Crippen molar-refractivity contribution in [2.45, 2.75) is 25.3 Å². The normalized spacial score (nSPS) is 18.8. The number of hydrogen-bond donors (Lipinski definition) is 1. The van der Waals surface area contributed by atoms with Gasteiger partial charge in [-0.2, -0.15) is 0 Å². The van der Waals surface area contributed by atoms with Crippen LogP contribution in [-0.2, 0) is 4.74 Å². The first-order chi connectivity index (χ1) is 7.36. The van der Waals surface area contributed by atoms with E-state index in [9.17, 15) is 0 Å². The van der Waals surface area contributed by atoms with Gasteiger partial charge in [-0.25, -0.2) is 4.98 Å². The molecular formula is C11H19N3O. The first-order valence-electron chi connectivity index (χ1n) is 5.58. The fourth-order valence-electron chi connectivity index (χ4n) is 2.02. The van der Waals surface area contributed by atoms with Crippen molar-refractivity contribution in [3.63, 3.8) is 0 Å². The summed E-state index contributed by atoms with van der Waals surface area (Å²) in [6.07, 6.45) is 5.00. The Bertz CT molecular complexity index is 307. The molecule has 2 heterocycles. The molecule has 4 nitrogen and oxygen atoms in total. The maximum Gasteiger partial charge on any atom is 0.0951 e. The van der Waals surface area contributed by atoms with E-state index in [2.05, 4.69) is 21.8 Å². The maximum atomic E-state index is 5.24. The molecule has 1 fully saturated rings. The van der Waals surface area contributed by atoms with Crippen LogP contribution in [0.2, 0.25) is 0 Å². The molecule has 1 aliphatic rings. The highest BCUT2D eigenvalue weighted by Gasteiger charge is 2.24. The third kappa shape index (κ3) is 2.06.